The molecule has 0 spiro atoms. The van der Waals surface area contributed by atoms with Crippen molar-refractivity contribution in [1.82, 2.24) is 9.97 Å². The van der Waals surface area contributed by atoms with Gasteiger partial charge in [0.05, 0.1) is 39.5 Å². The monoisotopic (exact) mass is 301 g/mol. The first-order chi connectivity index (χ1) is 9.63. The number of nitrogens with zero attached hydrogens (tertiary/aromatic N) is 3. The Morgan fingerprint density at radius 3 is 3.10 bits per heavy atom. The number of carbonyl (C=O) groups is 1. The maximum Gasteiger partial charge on any atom is 0.318 e. The summed E-state index contributed by atoms with van der Waals surface area (Å²) in [6.07, 6.45) is 1.45. The summed E-state index contributed by atoms with van der Waals surface area (Å²) in [6, 6.07) is 0.250. The summed E-state index contributed by atoms with van der Waals surface area (Å²) < 4.78 is 15.2. The number of rotatable bonds is 4. The van der Waals surface area contributed by atoms with Crippen LogP contribution in [0.3, 0.4) is 0 Å². The Morgan fingerprint density at radius 2 is 2.40 bits per heavy atom. The zero-order valence-electron chi connectivity index (χ0n) is 11.3. The van der Waals surface area contributed by atoms with Crippen molar-refractivity contribution in [3.05, 3.63) is 11.2 Å². The van der Waals surface area contributed by atoms with E-state index in [2.05, 4.69) is 14.7 Å². The summed E-state index contributed by atoms with van der Waals surface area (Å²) in [5, 5.41) is 0.435. The fraction of sp³-hybridized carbons (Fsp3) is 0.583. The lowest BCUT2D eigenvalue weighted by atomic mass is 10.2. The maximum absolute atomic E-state index is 11.3. The Hall–Kier alpha value is -1.60. The molecule has 1 aromatic heterocycles. The van der Waals surface area contributed by atoms with E-state index in [0.29, 0.717) is 30.5 Å². The van der Waals surface area contributed by atoms with Crippen LogP contribution in [0.4, 0.5) is 5.82 Å². The first kappa shape index (κ1) is 14.8. The van der Waals surface area contributed by atoms with Gasteiger partial charge >= 0.3 is 12.0 Å². The molecule has 1 aliphatic heterocycles. The highest BCUT2D eigenvalue weighted by atomic mass is 35.5. The highest BCUT2D eigenvalue weighted by Gasteiger charge is 2.25. The molecule has 0 N–H and O–H groups in total. The van der Waals surface area contributed by atoms with Crippen LogP contribution >= 0.6 is 11.6 Å². The molecule has 20 heavy (non-hydrogen) atoms. The molecule has 0 aliphatic carbocycles. The molecule has 1 fully saturated rings. The summed E-state index contributed by atoms with van der Waals surface area (Å²) >= 11 is 6.11. The third-order valence-corrected chi connectivity index (χ3v) is 3.21. The standard InChI is InChI=1S/C12H16ClN3O4/c1-18-10(17)5-8-7-16(3-4-20-8)11-9(13)6-14-12(15-11)19-2/h6,8H,3-5,7H2,1-2H3. The van der Waals surface area contributed by atoms with E-state index in [-0.39, 0.29) is 24.5 Å². The van der Waals surface area contributed by atoms with Crippen molar-refractivity contribution >= 4 is 23.4 Å². The van der Waals surface area contributed by atoms with Crippen LogP contribution in [0.15, 0.2) is 6.20 Å². The molecule has 1 unspecified atom stereocenters. The van der Waals surface area contributed by atoms with Gasteiger partial charge in [0.15, 0.2) is 5.82 Å². The number of carbonyl (C=O) groups excluding carboxylic acids is 1. The average molecular weight is 302 g/mol. The van der Waals surface area contributed by atoms with Crippen molar-refractivity contribution in [3.8, 4) is 6.01 Å². The number of hydrogen-bond acceptors (Lipinski definition) is 7. The van der Waals surface area contributed by atoms with Crippen LogP contribution in [0.5, 0.6) is 6.01 Å². The quantitative estimate of drug-likeness (QED) is 0.765. The van der Waals surface area contributed by atoms with Crippen molar-refractivity contribution < 1.29 is 19.0 Å². The van der Waals surface area contributed by atoms with Gasteiger partial charge in [-0.25, -0.2) is 4.98 Å². The zero-order chi connectivity index (χ0) is 14.5. The number of halogens is 1. The lowest BCUT2D eigenvalue weighted by Crippen LogP contribution is -2.44. The zero-order valence-corrected chi connectivity index (χ0v) is 12.1. The molecule has 1 aliphatic rings. The van der Waals surface area contributed by atoms with E-state index in [0.717, 1.165) is 0 Å². The fourth-order valence-corrected chi connectivity index (χ4v) is 2.18. The average Bonchev–Trinajstić information content (AvgIpc) is 2.48. The number of anilines is 1. The van der Waals surface area contributed by atoms with Crippen LogP contribution in [0.2, 0.25) is 5.02 Å². The van der Waals surface area contributed by atoms with E-state index in [9.17, 15) is 4.79 Å². The molecule has 2 heterocycles. The largest absolute Gasteiger partial charge is 0.469 e. The second-order valence-corrected chi connectivity index (χ2v) is 4.65. The van der Waals surface area contributed by atoms with Gasteiger partial charge in [-0.3, -0.25) is 4.79 Å². The van der Waals surface area contributed by atoms with Crippen LogP contribution in [0, 0.1) is 0 Å². The van der Waals surface area contributed by atoms with Crippen molar-refractivity contribution in [2.45, 2.75) is 12.5 Å². The van der Waals surface area contributed by atoms with Gasteiger partial charge in [0.25, 0.3) is 0 Å². The van der Waals surface area contributed by atoms with Crippen LogP contribution in [0.1, 0.15) is 6.42 Å². The van der Waals surface area contributed by atoms with Gasteiger partial charge in [0.1, 0.15) is 5.02 Å². The molecule has 2 rings (SSSR count). The minimum absolute atomic E-state index is 0.201. The van der Waals surface area contributed by atoms with Crippen LogP contribution in [0.25, 0.3) is 0 Å². The van der Waals surface area contributed by atoms with Crippen LogP contribution in [-0.2, 0) is 14.3 Å². The van der Waals surface area contributed by atoms with Gasteiger partial charge in [-0.05, 0) is 0 Å². The van der Waals surface area contributed by atoms with Crippen molar-refractivity contribution in [1.29, 1.82) is 0 Å². The molecule has 110 valence electrons. The summed E-state index contributed by atoms with van der Waals surface area (Å²) in [4.78, 5) is 21.4. The lowest BCUT2D eigenvalue weighted by molar-refractivity contribution is -0.144. The predicted molar refractivity (Wildman–Crippen MR) is 72.2 cm³/mol. The van der Waals surface area contributed by atoms with E-state index in [1.54, 1.807) is 0 Å². The number of aromatic nitrogens is 2. The number of esters is 1. The molecule has 0 radical (unpaired) electrons. The number of ether oxygens (including phenoxy) is 3. The molecule has 0 bridgehead atoms. The van der Waals surface area contributed by atoms with Crippen molar-refractivity contribution in [3.63, 3.8) is 0 Å². The van der Waals surface area contributed by atoms with Crippen LogP contribution < -0.4 is 9.64 Å². The minimum atomic E-state index is -0.303. The highest BCUT2D eigenvalue weighted by molar-refractivity contribution is 6.32. The number of hydrogen-bond donors (Lipinski definition) is 0. The Morgan fingerprint density at radius 1 is 1.60 bits per heavy atom. The van der Waals surface area contributed by atoms with Crippen molar-refractivity contribution in [2.24, 2.45) is 0 Å². The molecule has 0 aromatic carbocycles. The first-order valence-electron chi connectivity index (χ1n) is 6.14. The number of morpholine rings is 1. The summed E-state index contributed by atoms with van der Waals surface area (Å²) in [7, 11) is 2.85. The van der Waals surface area contributed by atoms with E-state index in [4.69, 9.17) is 21.1 Å². The van der Waals surface area contributed by atoms with Crippen LogP contribution in [-0.4, -0.2) is 56.0 Å². The molecule has 0 saturated carbocycles. The Bertz CT molecular complexity index is 486. The van der Waals surface area contributed by atoms with Gasteiger partial charge < -0.3 is 19.1 Å². The molecule has 7 nitrogen and oxygen atoms in total. The highest BCUT2D eigenvalue weighted by Crippen LogP contribution is 2.26. The molecule has 1 atom stereocenters. The van der Waals surface area contributed by atoms with Crippen molar-refractivity contribution in [2.75, 3.05) is 38.8 Å². The van der Waals surface area contributed by atoms with Gasteiger partial charge in [0.2, 0.25) is 0 Å². The molecule has 1 aromatic rings. The molecule has 0 amide bonds. The summed E-state index contributed by atoms with van der Waals surface area (Å²) in [5.74, 6) is 0.278. The van der Waals surface area contributed by atoms with E-state index in [1.807, 2.05) is 4.90 Å². The molecular formula is C12H16ClN3O4. The third kappa shape index (κ3) is 3.49. The lowest BCUT2D eigenvalue weighted by Gasteiger charge is -2.33. The van der Waals surface area contributed by atoms with Gasteiger partial charge in [-0.2, -0.15) is 4.98 Å². The molecule has 8 heteroatoms. The minimum Gasteiger partial charge on any atom is -0.469 e. The molecular weight excluding hydrogens is 286 g/mol. The van der Waals surface area contributed by atoms with E-state index < -0.39 is 0 Å². The second kappa shape index (κ2) is 6.71. The Balaban J connectivity index is 2.10. The SMILES string of the molecule is COC(=O)CC1CN(c2nc(OC)ncc2Cl)CCO1. The molecule has 1 saturated heterocycles. The van der Waals surface area contributed by atoms with Gasteiger partial charge in [-0.15, -0.1) is 0 Å². The fourth-order valence-electron chi connectivity index (χ4n) is 1.97. The van der Waals surface area contributed by atoms with Gasteiger partial charge in [0, 0.05) is 13.1 Å². The first-order valence-corrected chi connectivity index (χ1v) is 6.51. The normalized spacial score (nSPS) is 18.8. The van der Waals surface area contributed by atoms with E-state index in [1.165, 1.54) is 20.4 Å². The Kier molecular flexibility index (Phi) is 4.97. The summed E-state index contributed by atoms with van der Waals surface area (Å²) in [5.41, 5.74) is 0. The van der Waals surface area contributed by atoms with E-state index >= 15 is 0 Å². The summed E-state index contributed by atoms with van der Waals surface area (Å²) in [6.45, 7) is 1.64. The second-order valence-electron chi connectivity index (χ2n) is 4.25. The topological polar surface area (TPSA) is 73.8 Å². The smallest absolute Gasteiger partial charge is 0.318 e. The predicted octanol–water partition coefficient (Wildman–Crippen LogP) is 0.907. The Labute approximate surface area is 121 Å². The van der Waals surface area contributed by atoms with Gasteiger partial charge in [-0.1, -0.05) is 11.6 Å². The number of methoxy groups -OCH3 is 2. The maximum atomic E-state index is 11.3. The third-order valence-electron chi connectivity index (χ3n) is 2.95.